The van der Waals surface area contributed by atoms with Gasteiger partial charge in [0.05, 0.1) is 14.2 Å². The number of methoxy groups -OCH3 is 2. The maximum atomic E-state index is 5.18. The number of nitrogens with zero attached hydrogens (tertiary/aromatic N) is 1. The Balaban J connectivity index is 0.00000200. The Morgan fingerprint density at radius 1 is 0.750 bits per heavy atom. The summed E-state index contributed by atoms with van der Waals surface area (Å²) < 4.78 is 10.4. The molecular weight excluding hydrogens is 274 g/mol. The van der Waals surface area contributed by atoms with Gasteiger partial charge in [0.15, 0.2) is 0 Å². The van der Waals surface area contributed by atoms with E-state index in [0.717, 1.165) is 29.4 Å². The average molecular weight is 294 g/mol. The van der Waals surface area contributed by atoms with Crippen molar-refractivity contribution >= 4 is 23.8 Å². The predicted octanol–water partition coefficient (Wildman–Crippen LogP) is 4.28. The van der Waals surface area contributed by atoms with Gasteiger partial charge in [-0.05, 0) is 55.5 Å². The summed E-state index contributed by atoms with van der Waals surface area (Å²) in [7, 11) is 3.35. The maximum Gasteiger partial charge on any atom is 0.119 e. The van der Waals surface area contributed by atoms with Crippen LogP contribution in [0.3, 0.4) is 0 Å². The molecule has 3 nitrogen and oxygen atoms in total. The first-order valence-corrected chi connectivity index (χ1v) is 6.34. The molecule has 0 saturated heterocycles. The fourth-order valence-electron chi connectivity index (χ4n) is 2.04. The minimum atomic E-state index is 0. The van der Waals surface area contributed by atoms with Crippen LogP contribution in [0, 0.1) is 0 Å². The zero-order valence-corrected chi connectivity index (χ0v) is 12.8. The van der Waals surface area contributed by atoms with Crippen LogP contribution >= 0.6 is 12.4 Å². The van der Waals surface area contributed by atoms with E-state index in [1.54, 1.807) is 14.2 Å². The molecule has 4 heteroatoms. The number of rotatable bonds is 5. The molecule has 0 heterocycles. The smallest absolute Gasteiger partial charge is 0.119 e. The summed E-state index contributed by atoms with van der Waals surface area (Å²) in [6, 6.07) is 16.1. The molecule has 0 saturated carbocycles. The van der Waals surface area contributed by atoms with Crippen LogP contribution in [0.15, 0.2) is 48.5 Å². The summed E-state index contributed by atoms with van der Waals surface area (Å²) in [5.74, 6) is 1.74. The molecule has 0 aromatic heterocycles. The highest BCUT2D eigenvalue weighted by Gasteiger charge is 2.07. The highest BCUT2D eigenvalue weighted by atomic mass is 35.5. The van der Waals surface area contributed by atoms with Crippen molar-refractivity contribution in [2.24, 2.45) is 0 Å². The summed E-state index contributed by atoms with van der Waals surface area (Å²) in [6.45, 7) is 3.03. The van der Waals surface area contributed by atoms with Gasteiger partial charge >= 0.3 is 0 Å². The summed E-state index contributed by atoms with van der Waals surface area (Å²) >= 11 is 0. The highest BCUT2D eigenvalue weighted by molar-refractivity contribution is 5.85. The van der Waals surface area contributed by atoms with E-state index in [4.69, 9.17) is 9.47 Å². The van der Waals surface area contributed by atoms with Gasteiger partial charge < -0.3 is 14.4 Å². The van der Waals surface area contributed by atoms with Gasteiger partial charge in [-0.15, -0.1) is 12.4 Å². The summed E-state index contributed by atoms with van der Waals surface area (Å²) in [5, 5.41) is 0. The Morgan fingerprint density at radius 3 is 1.35 bits per heavy atom. The van der Waals surface area contributed by atoms with E-state index in [-0.39, 0.29) is 12.4 Å². The number of anilines is 2. The number of ether oxygens (including phenoxy) is 2. The first-order chi connectivity index (χ1) is 9.28. The topological polar surface area (TPSA) is 21.7 Å². The van der Waals surface area contributed by atoms with Crippen molar-refractivity contribution in [1.82, 2.24) is 0 Å². The SMILES string of the molecule is CCN(c1ccc(OC)cc1)c1ccc(OC)cc1.Cl. The monoisotopic (exact) mass is 293 g/mol. The van der Waals surface area contributed by atoms with Crippen LogP contribution in [0.4, 0.5) is 11.4 Å². The van der Waals surface area contributed by atoms with E-state index < -0.39 is 0 Å². The Hall–Kier alpha value is -1.87. The number of benzene rings is 2. The van der Waals surface area contributed by atoms with E-state index in [2.05, 4.69) is 36.1 Å². The third-order valence-electron chi connectivity index (χ3n) is 3.08. The molecule has 0 spiro atoms. The Kier molecular flexibility index (Phi) is 6.19. The van der Waals surface area contributed by atoms with Crippen LogP contribution in [-0.2, 0) is 0 Å². The Morgan fingerprint density at radius 2 is 1.10 bits per heavy atom. The van der Waals surface area contributed by atoms with E-state index in [1.165, 1.54) is 0 Å². The second kappa shape index (κ2) is 7.65. The molecule has 2 aromatic carbocycles. The van der Waals surface area contributed by atoms with Crippen LogP contribution in [0.5, 0.6) is 11.5 Å². The van der Waals surface area contributed by atoms with Crippen molar-refractivity contribution in [3.8, 4) is 11.5 Å². The lowest BCUT2D eigenvalue weighted by atomic mass is 10.2. The van der Waals surface area contributed by atoms with Crippen molar-refractivity contribution in [2.45, 2.75) is 6.92 Å². The summed E-state index contributed by atoms with van der Waals surface area (Å²) in [6.07, 6.45) is 0. The predicted molar refractivity (Wildman–Crippen MR) is 85.9 cm³/mol. The normalized spacial score (nSPS) is 9.55. The van der Waals surface area contributed by atoms with Crippen LogP contribution in [-0.4, -0.2) is 20.8 Å². The van der Waals surface area contributed by atoms with Crippen LogP contribution in [0.1, 0.15) is 6.92 Å². The molecule has 0 N–H and O–H groups in total. The van der Waals surface area contributed by atoms with E-state index in [0.29, 0.717) is 0 Å². The molecule has 0 bridgehead atoms. The fraction of sp³-hybridized carbons (Fsp3) is 0.250. The van der Waals surface area contributed by atoms with Crippen LogP contribution in [0.2, 0.25) is 0 Å². The molecule has 2 rings (SSSR count). The van der Waals surface area contributed by atoms with Gasteiger partial charge in [0.25, 0.3) is 0 Å². The van der Waals surface area contributed by atoms with Gasteiger partial charge in [-0.2, -0.15) is 0 Å². The van der Waals surface area contributed by atoms with Crippen molar-refractivity contribution < 1.29 is 9.47 Å². The first kappa shape index (κ1) is 16.2. The molecule has 0 radical (unpaired) electrons. The van der Waals surface area contributed by atoms with Crippen LogP contribution < -0.4 is 14.4 Å². The molecule has 0 atom stereocenters. The largest absolute Gasteiger partial charge is 0.497 e. The molecule has 0 aliphatic carbocycles. The van der Waals surface area contributed by atoms with Gasteiger partial charge in [0.1, 0.15) is 11.5 Å². The second-order valence-corrected chi connectivity index (χ2v) is 4.14. The summed E-state index contributed by atoms with van der Waals surface area (Å²) in [4.78, 5) is 2.24. The van der Waals surface area contributed by atoms with Crippen molar-refractivity contribution in [3.05, 3.63) is 48.5 Å². The Labute approximate surface area is 126 Å². The van der Waals surface area contributed by atoms with Crippen molar-refractivity contribution in [2.75, 3.05) is 25.7 Å². The molecule has 0 fully saturated rings. The zero-order valence-electron chi connectivity index (χ0n) is 12.0. The van der Waals surface area contributed by atoms with E-state index >= 15 is 0 Å². The molecule has 0 aliphatic rings. The lowest BCUT2D eigenvalue weighted by molar-refractivity contribution is 0.415. The number of hydrogen-bond acceptors (Lipinski definition) is 3. The molecule has 20 heavy (non-hydrogen) atoms. The second-order valence-electron chi connectivity index (χ2n) is 4.14. The van der Waals surface area contributed by atoms with Crippen LogP contribution in [0.25, 0.3) is 0 Å². The van der Waals surface area contributed by atoms with Gasteiger partial charge in [-0.25, -0.2) is 0 Å². The van der Waals surface area contributed by atoms with Gasteiger partial charge in [0, 0.05) is 17.9 Å². The van der Waals surface area contributed by atoms with Gasteiger partial charge in [-0.3, -0.25) is 0 Å². The average Bonchev–Trinajstić information content (AvgIpc) is 2.49. The van der Waals surface area contributed by atoms with Gasteiger partial charge in [-0.1, -0.05) is 0 Å². The lowest BCUT2D eigenvalue weighted by Crippen LogP contribution is -2.15. The molecule has 2 aromatic rings. The van der Waals surface area contributed by atoms with Crippen molar-refractivity contribution in [1.29, 1.82) is 0 Å². The minimum absolute atomic E-state index is 0. The highest BCUT2D eigenvalue weighted by Crippen LogP contribution is 2.28. The minimum Gasteiger partial charge on any atom is -0.497 e. The third kappa shape index (κ3) is 3.58. The zero-order chi connectivity index (χ0) is 13.7. The molecular formula is C16H20ClNO2. The fourth-order valence-corrected chi connectivity index (χ4v) is 2.04. The molecule has 0 amide bonds. The quantitative estimate of drug-likeness (QED) is 0.821. The summed E-state index contributed by atoms with van der Waals surface area (Å²) in [5.41, 5.74) is 2.29. The maximum absolute atomic E-state index is 5.18. The van der Waals surface area contributed by atoms with E-state index in [9.17, 15) is 0 Å². The Bertz CT molecular complexity index is 464. The first-order valence-electron chi connectivity index (χ1n) is 6.34. The third-order valence-corrected chi connectivity index (χ3v) is 3.08. The standard InChI is InChI=1S/C16H19NO2.ClH/c1-4-17(13-5-9-15(18-2)10-6-13)14-7-11-16(19-3)12-8-14;/h5-12H,4H2,1-3H3;1H. The van der Waals surface area contributed by atoms with Crippen molar-refractivity contribution in [3.63, 3.8) is 0 Å². The molecule has 0 unspecified atom stereocenters. The van der Waals surface area contributed by atoms with Gasteiger partial charge in [0.2, 0.25) is 0 Å². The lowest BCUT2D eigenvalue weighted by Gasteiger charge is -2.23. The molecule has 0 aliphatic heterocycles. The number of halogens is 1. The molecule has 108 valence electrons. The van der Waals surface area contributed by atoms with E-state index in [1.807, 2.05) is 24.3 Å². The number of hydrogen-bond donors (Lipinski definition) is 0.